The molecule has 0 amide bonds. The summed E-state index contributed by atoms with van der Waals surface area (Å²) in [5.74, 6) is 0.709. The van der Waals surface area contributed by atoms with Crippen LogP contribution in [0, 0.1) is 5.92 Å². The van der Waals surface area contributed by atoms with E-state index in [1.807, 2.05) is 11.3 Å². The Morgan fingerprint density at radius 3 is 2.60 bits per heavy atom. The lowest BCUT2D eigenvalue weighted by atomic mass is 9.95. The first-order valence-corrected chi connectivity index (χ1v) is 7.25. The first-order chi connectivity index (χ1) is 7.17. The van der Waals surface area contributed by atoms with Gasteiger partial charge in [0.05, 0.1) is 3.79 Å². The smallest absolute Gasteiger partial charge is 0.0701 e. The van der Waals surface area contributed by atoms with E-state index in [0.29, 0.717) is 12.0 Å². The zero-order valence-electron chi connectivity index (χ0n) is 9.72. The minimum Gasteiger partial charge on any atom is -0.314 e. The van der Waals surface area contributed by atoms with Crippen LogP contribution in [-0.4, -0.2) is 12.6 Å². The average molecular weight is 290 g/mol. The van der Waals surface area contributed by atoms with Gasteiger partial charge >= 0.3 is 0 Å². The fraction of sp³-hybridized carbons (Fsp3) is 0.667. The van der Waals surface area contributed by atoms with Crippen LogP contribution in [0.5, 0.6) is 0 Å². The van der Waals surface area contributed by atoms with Crippen LogP contribution in [-0.2, 0) is 6.42 Å². The van der Waals surface area contributed by atoms with Crippen LogP contribution in [0.3, 0.4) is 0 Å². The molecule has 0 radical (unpaired) electrons. The maximum atomic E-state index is 3.55. The Hall–Kier alpha value is 0.140. The zero-order valence-corrected chi connectivity index (χ0v) is 12.1. The lowest BCUT2D eigenvalue weighted by molar-refractivity contribution is 0.372. The third-order valence-electron chi connectivity index (χ3n) is 2.75. The molecule has 15 heavy (non-hydrogen) atoms. The zero-order chi connectivity index (χ0) is 11.3. The van der Waals surface area contributed by atoms with Crippen molar-refractivity contribution in [2.24, 2.45) is 5.92 Å². The lowest BCUT2D eigenvalue weighted by Gasteiger charge is -2.22. The Kier molecular flexibility index (Phi) is 5.87. The molecule has 1 heterocycles. The minimum absolute atomic E-state index is 0.649. The van der Waals surface area contributed by atoms with Crippen LogP contribution < -0.4 is 5.32 Å². The van der Waals surface area contributed by atoms with Gasteiger partial charge in [-0.15, -0.1) is 11.3 Å². The van der Waals surface area contributed by atoms with E-state index in [1.54, 1.807) is 0 Å². The summed E-state index contributed by atoms with van der Waals surface area (Å²) < 4.78 is 1.24. The Morgan fingerprint density at radius 2 is 2.13 bits per heavy atom. The van der Waals surface area contributed by atoms with E-state index in [-0.39, 0.29) is 0 Å². The molecule has 0 fully saturated rings. The van der Waals surface area contributed by atoms with Gasteiger partial charge in [0.25, 0.3) is 0 Å². The molecule has 0 aliphatic carbocycles. The second-order valence-corrected chi connectivity index (χ2v) is 6.51. The number of rotatable bonds is 6. The molecule has 0 saturated heterocycles. The van der Waals surface area contributed by atoms with Gasteiger partial charge in [-0.05, 0) is 53.4 Å². The molecule has 86 valence electrons. The predicted molar refractivity (Wildman–Crippen MR) is 72.6 cm³/mol. The van der Waals surface area contributed by atoms with Gasteiger partial charge < -0.3 is 5.32 Å². The van der Waals surface area contributed by atoms with E-state index < -0.39 is 0 Å². The topological polar surface area (TPSA) is 12.0 Å². The van der Waals surface area contributed by atoms with E-state index in [9.17, 15) is 0 Å². The van der Waals surface area contributed by atoms with Crippen molar-refractivity contribution >= 4 is 27.3 Å². The van der Waals surface area contributed by atoms with Gasteiger partial charge in [-0.25, -0.2) is 0 Å². The monoisotopic (exact) mass is 289 g/mol. The number of hydrogen-bond acceptors (Lipinski definition) is 2. The van der Waals surface area contributed by atoms with Crippen molar-refractivity contribution in [3.63, 3.8) is 0 Å². The van der Waals surface area contributed by atoms with E-state index in [0.717, 1.165) is 6.54 Å². The van der Waals surface area contributed by atoms with Crippen molar-refractivity contribution in [1.82, 2.24) is 5.32 Å². The molecule has 0 bridgehead atoms. The molecule has 2 unspecified atom stereocenters. The summed E-state index contributed by atoms with van der Waals surface area (Å²) in [5, 5.41) is 3.55. The van der Waals surface area contributed by atoms with Crippen molar-refractivity contribution in [2.45, 2.75) is 39.7 Å². The molecule has 3 heteroatoms. The predicted octanol–water partition coefficient (Wildman–Crippen LogP) is 4.08. The normalized spacial score (nSPS) is 15.2. The molecular weight excluding hydrogens is 270 g/mol. The Morgan fingerprint density at radius 1 is 1.40 bits per heavy atom. The highest BCUT2D eigenvalue weighted by Gasteiger charge is 2.15. The third kappa shape index (κ3) is 4.25. The van der Waals surface area contributed by atoms with Gasteiger partial charge in [0.15, 0.2) is 0 Å². The summed E-state index contributed by atoms with van der Waals surface area (Å²) in [7, 11) is 0. The summed E-state index contributed by atoms with van der Waals surface area (Å²) >= 11 is 5.36. The largest absolute Gasteiger partial charge is 0.314 e. The fourth-order valence-corrected chi connectivity index (χ4v) is 3.56. The highest BCUT2D eigenvalue weighted by atomic mass is 79.9. The van der Waals surface area contributed by atoms with Crippen molar-refractivity contribution < 1.29 is 0 Å². The highest BCUT2D eigenvalue weighted by molar-refractivity contribution is 9.11. The second kappa shape index (κ2) is 6.66. The van der Waals surface area contributed by atoms with E-state index in [4.69, 9.17) is 0 Å². The Bertz CT molecular complexity index is 285. The Labute approximate surface area is 105 Å². The molecule has 1 nitrogen and oxygen atoms in total. The molecule has 0 spiro atoms. The van der Waals surface area contributed by atoms with Crippen LogP contribution in [0.1, 0.15) is 32.1 Å². The van der Waals surface area contributed by atoms with E-state index >= 15 is 0 Å². The van der Waals surface area contributed by atoms with Crippen molar-refractivity contribution in [1.29, 1.82) is 0 Å². The van der Waals surface area contributed by atoms with E-state index in [1.165, 1.54) is 21.5 Å². The van der Waals surface area contributed by atoms with Crippen molar-refractivity contribution in [2.75, 3.05) is 6.54 Å². The molecule has 0 aliphatic heterocycles. The van der Waals surface area contributed by atoms with Gasteiger partial charge in [0.2, 0.25) is 0 Å². The second-order valence-electron chi connectivity index (χ2n) is 3.96. The molecule has 1 aromatic rings. The quantitative estimate of drug-likeness (QED) is 0.832. The summed E-state index contributed by atoms with van der Waals surface area (Å²) in [4.78, 5) is 1.48. The summed E-state index contributed by atoms with van der Waals surface area (Å²) in [6, 6.07) is 5.01. The van der Waals surface area contributed by atoms with Crippen LogP contribution in [0.4, 0.5) is 0 Å². The average Bonchev–Trinajstić information content (AvgIpc) is 2.60. The number of halogens is 1. The molecule has 1 aromatic heterocycles. The summed E-state index contributed by atoms with van der Waals surface area (Å²) in [6.07, 6.45) is 2.39. The fourth-order valence-electron chi connectivity index (χ4n) is 1.93. The SMILES string of the molecule is CCNC(CC)C(C)Cc1ccc(Br)s1. The highest BCUT2D eigenvalue weighted by Crippen LogP contribution is 2.25. The summed E-state index contributed by atoms with van der Waals surface area (Å²) in [5.41, 5.74) is 0. The van der Waals surface area contributed by atoms with Gasteiger partial charge in [-0.2, -0.15) is 0 Å². The number of thiophene rings is 1. The van der Waals surface area contributed by atoms with Gasteiger partial charge in [-0.3, -0.25) is 0 Å². The van der Waals surface area contributed by atoms with Crippen LogP contribution >= 0.6 is 27.3 Å². The van der Waals surface area contributed by atoms with Crippen LogP contribution in [0.25, 0.3) is 0 Å². The molecular formula is C12H20BrNS. The first-order valence-electron chi connectivity index (χ1n) is 5.65. The van der Waals surface area contributed by atoms with Gasteiger partial charge in [0.1, 0.15) is 0 Å². The Balaban J connectivity index is 2.49. The lowest BCUT2D eigenvalue weighted by Crippen LogP contribution is -2.35. The molecule has 0 aromatic carbocycles. The van der Waals surface area contributed by atoms with Crippen molar-refractivity contribution in [3.8, 4) is 0 Å². The molecule has 0 saturated carbocycles. The van der Waals surface area contributed by atoms with Crippen LogP contribution in [0.2, 0.25) is 0 Å². The third-order valence-corrected chi connectivity index (χ3v) is 4.39. The molecule has 0 aliphatic rings. The number of nitrogens with one attached hydrogen (secondary N) is 1. The van der Waals surface area contributed by atoms with E-state index in [2.05, 4.69) is 54.2 Å². The van der Waals surface area contributed by atoms with Crippen molar-refractivity contribution in [3.05, 3.63) is 20.8 Å². The van der Waals surface area contributed by atoms with Crippen LogP contribution in [0.15, 0.2) is 15.9 Å². The molecule has 1 N–H and O–H groups in total. The van der Waals surface area contributed by atoms with Gasteiger partial charge in [0, 0.05) is 10.9 Å². The molecule has 2 atom stereocenters. The van der Waals surface area contributed by atoms with Gasteiger partial charge in [-0.1, -0.05) is 20.8 Å². The first kappa shape index (κ1) is 13.2. The standard InChI is InChI=1S/C12H20BrNS/c1-4-11(14-5-2)9(3)8-10-6-7-12(13)15-10/h6-7,9,11,14H,4-5,8H2,1-3H3. The maximum Gasteiger partial charge on any atom is 0.0701 e. The number of hydrogen-bond donors (Lipinski definition) is 1. The summed E-state index contributed by atoms with van der Waals surface area (Å²) in [6.45, 7) is 7.84. The molecule has 1 rings (SSSR count). The maximum absolute atomic E-state index is 3.55. The minimum atomic E-state index is 0.649.